The van der Waals surface area contributed by atoms with E-state index >= 15 is 0 Å². The molecule has 2 unspecified atom stereocenters. The van der Waals surface area contributed by atoms with Crippen molar-refractivity contribution in [3.05, 3.63) is 59.9 Å². The number of carbonyl (C=O) groups is 2. The van der Waals surface area contributed by atoms with Crippen LogP contribution >= 0.6 is 11.8 Å². The molecule has 0 bridgehead atoms. The summed E-state index contributed by atoms with van der Waals surface area (Å²) in [6.45, 7) is 4.50. The molecule has 11 heteroatoms. The minimum atomic E-state index is -3.84. The van der Waals surface area contributed by atoms with Gasteiger partial charge in [0.25, 0.3) is 0 Å². The van der Waals surface area contributed by atoms with Crippen LogP contribution in [0.3, 0.4) is 0 Å². The van der Waals surface area contributed by atoms with Crippen molar-refractivity contribution in [3.63, 3.8) is 0 Å². The van der Waals surface area contributed by atoms with Crippen molar-refractivity contribution in [2.75, 3.05) is 43.4 Å². The minimum Gasteiger partial charge on any atom is -0.368 e. The summed E-state index contributed by atoms with van der Waals surface area (Å²) in [7, 11) is -3.84. The van der Waals surface area contributed by atoms with Crippen LogP contribution in [-0.4, -0.2) is 74.4 Å². The first-order chi connectivity index (χ1) is 17.8. The second kappa shape index (κ2) is 12.3. The highest BCUT2D eigenvalue weighted by atomic mass is 32.2. The molecule has 0 aromatic heterocycles. The largest absolute Gasteiger partial charge is 0.368 e. The van der Waals surface area contributed by atoms with Crippen LogP contribution in [-0.2, 0) is 25.8 Å². The number of hydrogen-bond donors (Lipinski definition) is 2. The summed E-state index contributed by atoms with van der Waals surface area (Å²) >= 11 is 1.24. The highest BCUT2D eigenvalue weighted by Crippen LogP contribution is 2.22. The maximum absolute atomic E-state index is 13.2. The second-order valence-electron chi connectivity index (χ2n) is 9.23. The lowest BCUT2D eigenvalue weighted by Crippen LogP contribution is -2.59. The van der Waals surface area contributed by atoms with Crippen molar-refractivity contribution in [2.45, 2.75) is 41.8 Å². The summed E-state index contributed by atoms with van der Waals surface area (Å²) in [6.07, 6.45) is 2.99. The number of halogens is 1. The Labute approximate surface area is 221 Å². The van der Waals surface area contributed by atoms with Gasteiger partial charge < -0.3 is 15.1 Å². The molecule has 2 N–H and O–H groups in total. The molecule has 2 heterocycles. The third kappa shape index (κ3) is 6.82. The van der Waals surface area contributed by atoms with E-state index < -0.39 is 26.5 Å². The molecule has 2 saturated heterocycles. The number of sulfone groups is 1. The van der Waals surface area contributed by atoms with Crippen molar-refractivity contribution < 1.29 is 22.4 Å². The van der Waals surface area contributed by atoms with E-state index in [9.17, 15) is 22.4 Å². The first-order valence-electron chi connectivity index (χ1n) is 12.5. The van der Waals surface area contributed by atoms with Gasteiger partial charge in [-0.3, -0.25) is 14.9 Å². The number of amides is 2. The Morgan fingerprint density at radius 1 is 1.05 bits per heavy atom. The predicted octanol–water partition coefficient (Wildman–Crippen LogP) is 2.40. The number of unbranched alkanes of at least 4 members (excludes halogenated alkanes) is 1. The molecule has 37 heavy (non-hydrogen) atoms. The molecule has 8 nitrogen and oxygen atoms in total. The number of hydrogen-bond acceptors (Lipinski definition) is 7. The molecule has 0 radical (unpaired) electrons. The zero-order valence-electron chi connectivity index (χ0n) is 20.9. The highest BCUT2D eigenvalue weighted by Gasteiger charge is 2.38. The lowest BCUT2D eigenvalue weighted by molar-refractivity contribution is -0.128. The van der Waals surface area contributed by atoms with Crippen LogP contribution < -0.4 is 15.5 Å². The first kappa shape index (κ1) is 27.4. The van der Waals surface area contributed by atoms with E-state index in [1.54, 1.807) is 41.3 Å². The second-order valence-corrected chi connectivity index (χ2v) is 12.5. The van der Waals surface area contributed by atoms with Gasteiger partial charge in [-0.15, -0.1) is 11.8 Å². The Balaban J connectivity index is 1.23. The van der Waals surface area contributed by atoms with Gasteiger partial charge in [-0.1, -0.05) is 25.5 Å². The zero-order chi connectivity index (χ0) is 26.4. The standard InChI is InChI=1S/C26H33FN4O4S2/c1-2-3-4-19-5-11-22(12-6-19)37(34,35)23-17-28-26(29-25(23)33)36-18-24(32)31-15-13-30(14-16-31)21-9-7-20(27)8-10-21/h5-12,23,26,28H,2-4,13-18H2,1H3,(H,29,33). The van der Waals surface area contributed by atoms with Crippen LogP contribution in [0.15, 0.2) is 53.4 Å². The SMILES string of the molecule is CCCCc1ccc(S(=O)(=O)C2CNC(SCC(=O)N3CCN(c4ccc(F)cc4)CC3)NC2=O)cc1. The molecule has 2 aliphatic heterocycles. The lowest BCUT2D eigenvalue weighted by Gasteiger charge is -2.36. The summed E-state index contributed by atoms with van der Waals surface area (Å²) in [6, 6.07) is 13.1. The third-order valence-electron chi connectivity index (χ3n) is 6.70. The third-order valence-corrected chi connectivity index (χ3v) is 9.79. The van der Waals surface area contributed by atoms with Gasteiger partial charge in [-0.25, -0.2) is 12.8 Å². The highest BCUT2D eigenvalue weighted by molar-refractivity contribution is 8.00. The Morgan fingerprint density at radius 2 is 1.73 bits per heavy atom. The molecule has 2 atom stereocenters. The quantitative estimate of drug-likeness (QED) is 0.497. The molecule has 2 aliphatic rings. The van der Waals surface area contributed by atoms with Crippen molar-refractivity contribution in [2.24, 2.45) is 0 Å². The number of anilines is 1. The number of piperazine rings is 1. The van der Waals surface area contributed by atoms with E-state index in [2.05, 4.69) is 22.5 Å². The summed E-state index contributed by atoms with van der Waals surface area (Å²) in [5, 5.41) is 4.52. The van der Waals surface area contributed by atoms with Crippen LogP contribution in [0.5, 0.6) is 0 Å². The van der Waals surface area contributed by atoms with Gasteiger partial charge in [0.1, 0.15) is 11.3 Å². The van der Waals surface area contributed by atoms with Crippen LogP contribution in [0.25, 0.3) is 0 Å². The molecule has 2 aromatic carbocycles. The fraction of sp³-hybridized carbons (Fsp3) is 0.462. The zero-order valence-corrected chi connectivity index (χ0v) is 22.5. The van der Waals surface area contributed by atoms with E-state index in [-0.39, 0.29) is 28.9 Å². The van der Waals surface area contributed by atoms with E-state index in [0.717, 1.165) is 30.5 Å². The van der Waals surface area contributed by atoms with Crippen LogP contribution in [0.2, 0.25) is 0 Å². The maximum Gasteiger partial charge on any atom is 0.241 e. The molecule has 200 valence electrons. The van der Waals surface area contributed by atoms with Gasteiger partial charge in [0.15, 0.2) is 15.1 Å². The van der Waals surface area contributed by atoms with Crippen LogP contribution in [0.1, 0.15) is 25.3 Å². The van der Waals surface area contributed by atoms with Crippen molar-refractivity contribution in [1.29, 1.82) is 0 Å². The number of carbonyl (C=O) groups excluding carboxylic acids is 2. The Bertz CT molecular complexity index is 1180. The Kier molecular flexibility index (Phi) is 9.09. The molecular weight excluding hydrogens is 515 g/mol. The molecule has 2 fully saturated rings. The summed E-state index contributed by atoms with van der Waals surface area (Å²) < 4.78 is 39.3. The number of aryl methyl sites for hydroxylation is 1. The monoisotopic (exact) mass is 548 g/mol. The fourth-order valence-electron chi connectivity index (χ4n) is 4.43. The van der Waals surface area contributed by atoms with Crippen molar-refractivity contribution >= 4 is 39.1 Å². The molecule has 4 rings (SSSR count). The fourth-order valence-corrected chi connectivity index (χ4v) is 6.85. The first-order valence-corrected chi connectivity index (χ1v) is 15.1. The number of thioether (sulfide) groups is 1. The molecule has 2 aromatic rings. The van der Waals surface area contributed by atoms with E-state index in [1.165, 1.54) is 23.9 Å². The molecule has 0 spiro atoms. The average Bonchev–Trinajstić information content (AvgIpc) is 2.91. The normalized spacial score (nSPS) is 20.5. The van der Waals surface area contributed by atoms with Crippen molar-refractivity contribution in [3.8, 4) is 0 Å². The summed E-state index contributed by atoms with van der Waals surface area (Å²) in [4.78, 5) is 29.4. The van der Waals surface area contributed by atoms with E-state index in [0.29, 0.717) is 26.2 Å². The van der Waals surface area contributed by atoms with Gasteiger partial charge >= 0.3 is 0 Å². The van der Waals surface area contributed by atoms with Crippen molar-refractivity contribution in [1.82, 2.24) is 15.5 Å². The number of rotatable bonds is 9. The topological polar surface area (TPSA) is 98.8 Å². The lowest BCUT2D eigenvalue weighted by atomic mass is 10.1. The molecular formula is C26H33FN4O4S2. The Hall–Kier alpha value is -2.63. The maximum atomic E-state index is 13.2. The predicted molar refractivity (Wildman–Crippen MR) is 144 cm³/mol. The number of nitrogens with zero attached hydrogens (tertiary/aromatic N) is 2. The van der Waals surface area contributed by atoms with Gasteiger partial charge in [0.2, 0.25) is 11.8 Å². The summed E-state index contributed by atoms with van der Waals surface area (Å²) in [5.74, 6) is -0.728. The molecule has 0 aliphatic carbocycles. The molecule has 2 amide bonds. The van der Waals surface area contributed by atoms with Crippen LogP contribution in [0.4, 0.5) is 10.1 Å². The summed E-state index contributed by atoms with van der Waals surface area (Å²) in [5.41, 5.74) is 1.46. The van der Waals surface area contributed by atoms with E-state index in [1.807, 2.05) is 0 Å². The van der Waals surface area contributed by atoms with Crippen LogP contribution in [0, 0.1) is 5.82 Å². The number of nitrogens with one attached hydrogen (secondary N) is 2. The van der Waals surface area contributed by atoms with Gasteiger partial charge in [0, 0.05) is 38.4 Å². The smallest absolute Gasteiger partial charge is 0.241 e. The van der Waals surface area contributed by atoms with Gasteiger partial charge in [0.05, 0.1) is 10.6 Å². The van der Waals surface area contributed by atoms with Gasteiger partial charge in [-0.05, 0) is 54.8 Å². The average molecular weight is 549 g/mol. The Morgan fingerprint density at radius 3 is 2.35 bits per heavy atom. The minimum absolute atomic E-state index is 0.0199. The van der Waals surface area contributed by atoms with Gasteiger partial charge in [-0.2, -0.15) is 0 Å². The number of benzene rings is 2. The van der Waals surface area contributed by atoms with E-state index in [4.69, 9.17) is 0 Å². The molecule has 0 saturated carbocycles.